The zero-order valence-electron chi connectivity index (χ0n) is 12.8. The summed E-state index contributed by atoms with van der Waals surface area (Å²) in [6.07, 6.45) is 2.97. The van der Waals surface area contributed by atoms with Crippen LogP contribution in [0.15, 0.2) is 30.3 Å². The number of hydrogen-bond acceptors (Lipinski definition) is 3. The lowest BCUT2D eigenvalue weighted by Gasteiger charge is -2.29. The zero-order chi connectivity index (χ0) is 14.8. The Balaban J connectivity index is 2.06. The molecular formula is C18H24N2O. The Morgan fingerprint density at radius 2 is 2.05 bits per heavy atom. The Labute approximate surface area is 126 Å². The van der Waals surface area contributed by atoms with E-state index in [1.165, 1.54) is 12.8 Å². The lowest BCUT2D eigenvalue weighted by molar-refractivity contribution is 0.115. The molecule has 1 saturated heterocycles. The molecule has 3 heteroatoms. The third-order valence-corrected chi connectivity index (χ3v) is 4.41. The van der Waals surface area contributed by atoms with E-state index in [2.05, 4.69) is 31.3 Å². The molecule has 1 aromatic carbocycles. The first-order chi connectivity index (χ1) is 10.2. The van der Waals surface area contributed by atoms with Gasteiger partial charge in [0, 0.05) is 17.1 Å². The highest BCUT2D eigenvalue weighted by atomic mass is 16.3. The minimum atomic E-state index is -0.462. The van der Waals surface area contributed by atoms with E-state index in [9.17, 15) is 5.11 Å². The Bertz CT molecular complexity index is 618. The van der Waals surface area contributed by atoms with Crippen LogP contribution >= 0.6 is 0 Å². The van der Waals surface area contributed by atoms with Crippen molar-refractivity contribution in [3.63, 3.8) is 0 Å². The van der Waals surface area contributed by atoms with Gasteiger partial charge in [-0.15, -0.1) is 0 Å². The Kier molecular flexibility index (Phi) is 4.22. The highest BCUT2D eigenvalue weighted by molar-refractivity contribution is 5.82. The summed E-state index contributed by atoms with van der Waals surface area (Å²) >= 11 is 0. The number of aromatic nitrogens is 1. The van der Waals surface area contributed by atoms with E-state index >= 15 is 0 Å². The molecule has 1 aliphatic rings. The lowest BCUT2D eigenvalue weighted by atomic mass is 9.91. The molecule has 2 aromatic rings. The van der Waals surface area contributed by atoms with E-state index in [0.717, 1.165) is 35.1 Å². The van der Waals surface area contributed by atoms with Crippen molar-refractivity contribution in [1.82, 2.24) is 10.3 Å². The Morgan fingerprint density at radius 3 is 2.76 bits per heavy atom. The molecule has 0 saturated carbocycles. The quantitative estimate of drug-likeness (QED) is 0.906. The number of benzene rings is 1. The van der Waals surface area contributed by atoms with Crippen LogP contribution in [0.3, 0.4) is 0 Å². The standard InChI is InChI=1S/C18H24N2O/c1-12(2)17-11-14(13-7-3-4-8-15(13)20-17)18(21)16-9-5-6-10-19-16/h3-4,7-8,11-12,16,18-19,21H,5-6,9-10H2,1-2H3/t16-,18-/m1/s1. The fourth-order valence-electron chi connectivity index (χ4n) is 3.13. The fourth-order valence-corrected chi connectivity index (χ4v) is 3.13. The van der Waals surface area contributed by atoms with E-state index in [0.29, 0.717) is 5.92 Å². The minimum absolute atomic E-state index is 0.157. The molecule has 21 heavy (non-hydrogen) atoms. The van der Waals surface area contributed by atoms with Gasteiger partial charge in [-0.25, -0.2) is 0 Å². The van der Waals surface area contributed by atoms with Crippen LogP contribution in [0.25, 0.3) is 10.9 Å². The molecule has 1 fully saturated rings. The molecule has 3 rings (SSSR count). The molecule has 3 nitrogen and oxygen atoms in total. The van der Waals surface area contributed by atoms with Crippen molar-refractivity contribution in [1.29, 1.82) is 0 Å². The highest BCUT2D eigenvalue weighted by Gasteiger charge is 2.25. The summed E-state index contributed by atoms with van der Waals surface area (Å²) in [5.41, 5.74) is 3.05. The van der Waals surface area contributed by atoms with Gasteiger partial charge >= 0.3 is 0 Å². The van der Waals surface area contributed by atoms with Crippen molar-refractivity contribution in [2.75, 3.05) is 6.54 Å². The van der Waals surface area contributed by atoms with Crippen molar-refractivity contribution in [2.24, 2.45) is 0 Å². The number of piperidine rings is 1. The predicted molar refractivity (Wildman–Crippen MR) is 86.4 cm³/mol. The number of aliphatic hydroxyl groups is 1. The predicted octanol–water partition coefficient (Wildman–Crippen LogP) is 3.53. The maximum Gasteiger partial charge on any atom is 0.0950 e. The molecule has 1 aromatic heterocycles. The molecule has 1 aliphatic heterocycles. The van der Waals surface area contributed by atoms with Gasteiger partial charge in [-0.05, 0) is 43.0 Å². The zero-order valence-corrected chi connectivity index (χ0v) is 12.8. The van der Waals surface area contributed by atoms with Gasteiger partial charge in [0.25, 0.3) is 0 Å². The summed E-state index contributed by atoms with van der Waals surface area (Å²) in [4.78, 5) is 4.73. The summed E-state index contributed by atoms with van der Waals surface area (Å²) < 4.78 is 0. The van der Waals surface area contributed by atoms with Crippen molar-refractivity contribution >= 4 is 10.9 Å². The normalized spacial score (nSPS) is 20.9. The molecule has 112 valence electrons. The molecule has 0 amide bonds. The number of rotatable bonds is 3. The summed E-state index contributed by atoms with van der Waals surface area (Å²) in [7, 11) is 0. The smallest absolute Gasteiger partial charge is 0.0950 e. The van der Waals surface area contributed by atoms with Crippen LogP contribution in [0.5, 0.6) is 0 Å². The monoisotopic (exact) mass is 284 g/mol. The Morgan fingerprint density at radius 1 is 1.24 bits per heavy atom. The maximum absolute atomic E-state index is 10.9. The van der Waals surface area contributed by atoms with Gasteiger partial charge in [0.2, 0.25) is 0 Å². The second-order valence-corrected chi connectivity index (χ2v) is 6.31. The average Bonchev–Trinajstić information content (AvgIpc) is 2.54. The average molecular weight is 284 g/mol. The summed E-state index contributed by atoms with van der Waals surface area (Å²) in [5.74, 6) is 0.361. The molecule has 2 heterocycles. The van der Waals surface area contributed by atoms with E-state index in [1.807, 2.05) is 18.2 Å². The summed E-state index contributed by atoms with van der Waals surface area (Å²) in [6, 6.07) is 10.4. The van der Waals surface area contributed by atoms with Gasteiger partial charge < -0.3 is 10.4 Å². The van der Waals surface area contributed by atoms with Crippen LogP contribution < -0.4 is 5.32 Å². The second-order valence-electron chi connectivity index (χ2n) is 6.31. The van der Waals surface area contributed by atoms with Gasteiger partial charge in [-0.1, -0.05) is 38.5 Å². The third kappa shape index (κ3) is 2.94. The number of aliphatic hydroxyl groups excluding tert-OH is 1. The Hall–Kier alpha value is -1.45. The molecule has 2 N–H and O–H groups in total. The number of pyridine rings is 1. The second kappa shape index (κ2) is 6.12. The van der Waals surface area contributed by atoms with Crippen LogP contribution in [0.2, 0.25) is 0 Å². The number of hydrogen-bond donors (Lipinski definition) is 2. The fraction of sp³-hybridized carbons (Fsp3) is 0.500. The largest absolute Gasteiger partial charge is 0.387 e. The maximum atomic E-state index is 10.9. The number of fused-ring (bicyclic) bond motifs is 1. The summed E-state index contributed by atoms with van der Waals surface area (Å²) in [5, 5.41) is 15.4. The SMILES string of the molecule is CC(C)c1cc([C@@H](O)[C@H]2CCCCN2)c2ccccc2n1. The van der Waals surface area contributed by atoms with Gasteiger partial charge in [0.1, 0.15) is 0 Å². The van der Waals surface area contributed by atoms with Crippen LogP contribution in [-0.4, -0.2) is 22.7 Å². The summed E-state index contributed by atoms with van der Waals surface area (Å²) in [6.45, 7) is 5.29. The van der Waals surface area contributed by atoms with Crippen LogP contribution in [0.1, 0.15) is 56.4 Å². The van der Waals surface area contributed by atoms with Crippen molar-refractivity contribution in [2.45, 2.75) is 51.2 Å². The van der Waals surface area contributed by atoms with Gasteiger partial charge in [-0.3, -0.25) is 4.98 Å². The molecule has 0 radical (unpaired) electrons. The number of nitrogens with one attached hydrogen (secondary N) is 1. The van der Waals surface area contributed by atoms with E-state index in [1.54, 1.807) is 0 Å². The van der Waals surface area contributed by atoms with Crippen molar-refractivity contribution in [3.8, 4) is 0 Å². The molecule has 0 unspecified atom stereocenters. The first-order valence-corrected chi connectivity index (χ1v) is 7.98. The van der Waals surface area contributed by atoms with Gasteiger partial charge in [0.05, 0.1) is 11.6 Å². The van der Waals surface area contributed by atoms with E-state index in [-0.39, 0.29) is 6.04 Å². The van der Waals surface area contributed by atoms with Crippen LogP contribution in [0, 0.1) is 0 Å². The van der Waals surface area contributed by atoms with Crippen LogP contribution in [0.4, 0.5) is 0 Å². The third-order valence-electron chi connectivity index (χ3n) is 4.41. The van der Waals surface area contributed by atoms with Crippen molar-refractivity contribution in [3.05, 3.63) is 41.6 Å². The van der Waals surface area contributed by atoms with Gasteiger partial charge in [0.15, 0.2) is 0 Å². The molecular weight excluding hydrogens is 260 g/mol. The van der Waals surface area contributed by atoms with Crippen molar-refractivity contribution < 1.29 is 5.11 Å². The minimum Gasteiger partial charge on any atom is -0.387 e. The molecule has 0 spiro atoms. The molecule has 0 aliphatic carbocycles. The first-order valence-electron chi connectivity index (χ1n) is 7.98. The van der Waals surface area contributed by atoms with Gasteiger partial charge in [-0.2, -0.15) is 0 Å². The topological polar surface area (TPSA) is 45.1 Å². The van der Waals surface area contributed by atoms with Crippen LogP contribution in [-0.2, 0) is 0 Å². The first kappa shape index (κ1) is 14.5. The molecule has 0 bridgehead atoms. The number of para-hydroxylation sites is 1. The lowest BCUT2D eigenvalue weighted by Crippen LogP contribution is -2.38. The highest BCUT2D eigenvalue weighted by Crippen LogP contribution is 2.30. The molecule has 2 atom stereocenters. The number of nitrogens with zero attached hydrogens (tertiary/aromatic N) is 1. The van der Waals surface area contributed by atoms with E-state index in [4.69, 9.17) is 4.98 Å². The van der Waals surface area contributed by atoms with E-state index < -0.39 is 6.10 Å².